The van der Waals surface area contributed by atoms with Gasteiger partial charge in [-0.2, -0.15) is 0 Å². The van der Waals surface area contributed by atoms with Crippen LogP contribution >= 0.6 is 0 Å². The van der Waals surface area contributed by atoms with Crippen LogP contribution in [0.4, 0.5) is 0 Å². The van der Waals surface area contributed by atoms with Crippen molar-refractivity contribution in [2.45, 2.75) is 71.2 Å². The highest BCUT2D eigenvalue weighted by molar-refractivity contribution is 5.13. The Morgan fingerprint density at radius 2 is 1.50 bits per heavy atom. The van der Waals surface area contributed by atoms with Gasteiger partial charge in [0.1, 0.15) is 0 Å². The van der Waals surface area contributed by atoms with Crippen LogP contribution in [0.2, 0.25) is 0 Å². The monoisotopic (exact) mass is 334 g/mol. The van der Waals surface area contributed by atoms with Crippen molar-refractivity contribution in [3.8, 4) is 0 Å². The van der Waals surface area contributed by atoms with Crippen molar-refractivity contribution in [3.05, 3.63) is 48.0 Å². The van der Waals surface area contributed by atoms with E-state index in [0.29, 0.717) is 13.2 Å². The summed E-state index contributed by atoms with van der Waals surface area (Å²) in [6, 6.07) is 10.2. The van der Waals surface area contributed by atoms with Crippen LogP contribution in [-0.2, 0) is 16.1 Å². The van der Waals surface area contributed by atoms with Crippen LogP contribution in [0, 0.1) is 0 Å². The van der Waals surface area contributed by atoms with E-state index in [-0.39, 0.29) is 6.29 Å². The SMILES string of the molecule is C/C=C/C(OCCCCCCCCCCO)OCc1ccccc1. The van der Waals surface area contributed by atoms with Gasteiger partial charge in [0.25, 0.3) is 0 Å². The number of rotatable bonds is 15. The number of ether oxygens (including phenoxy) is 2. The molecule has 0 spiro atoms. The van der Waals surface area contributed by atoms with E-state index in [1.807, 2.05) is 37.3 Å². The summed E-state index contributed by atoms with van der Waals surface area (Å²) in [5, 5.41) is 8.72. The van der Waals surface area contributed by atoms with Gasteiger partial charge in [-0.3, -0.25) is 0 Å². The maximum absolute atomic E-state index is 8.72. The van der Waals surface area contributed by atoms with Gasteiger partial charge in [-0.15, -0.1) is 0 Å². The standard InChI is InChI=1S/C21H34O3/c1-2-14-21(24-19-20-15-10-9-11-16-20)23-18-13-8-6-4-3-5-7-12-17-22/h2,9-11,14-16,21-22H,3-8,12-13,17-19H2,1H3/b14-2+. The average Bonchev–Trinajstić information content (AvgIpc) is 2.62. The maximum Gasteiger partial charge on any atom is 0.177 e. The summed E-state index contributed by atoms with van der Waals surface area (Å²) in [7, 11) is 0. The van der Waals surface area contributed by atoms with E-state index in [1.165, 1.54) is 32.1 Å². The molecule has 0 bridgehead atoms. The Labute approximate surface area is 147 Å². The van der Waals surface area contributed by atoms with Crippen LogP contribution in [0.1, 0.15) is 63.9 Å². The molecule has 24 heavy (non-hydrogen) atoms. The minimum atomic E-state index is -0.256. The molecule has 0 amide bonds. The number of hydrogen-bond acceptors (Lipinski definition) is 3. The quantitative estimate of drug-likeness (QED) is 0.271. The summed E-state index contributed by atoms with van der Waals surface area (Å²) >= 11 is 0. The molecule has 0 fully saturated rings. The zero-order valence-electron chi connectivity index (χ0n) is 15.2. The molecule has 0 aliphatic rings. The molecule has 0 saturated carbocycles. The molecule has 1 N–H and O–H groups in total. The number of aliphatic hydroxyl groups is 1. The van der Waals surface area contributed by atoms with Crippen molar-refractivity contribution in [1.82, 2.24) is 0 Å². The molecule has 1 aromatic rings. The van der Waals surface area contributed by atoms with Gasteiger partial charge >= 0.3 is 0 Å². The third kappa shape index (κ3) is 11.4. The van der Waals surface area contributed by atoms with Gasteiger partial charge in [0.15, 0.2) is 6.29 Å². The molecule has 0 aliphatic heterocycles. The third-order valence-electron chi connectivity index (χ3n) is 3.94. The third-order valence-corrected chi connectivity index (χ3v) is 3.94. The van der Waals surface area contributed by atoms with Gasteiger partial charge in [0, 0.05) is 6.61 Å². The molecule has 0 heterocycles. The highest BCUT2D eigenvalue weighted by Crippen LogP contribution is 2.10. The van der Waals surface area contributed by atoms with E-state index >= 15 is 0 Å². The Hall–Kier alpha value is -1.16. The lowest BCUT2D eigenvalue weighted by Crippen LogP contribution is -2.15. The molecular weight excluding hydrogens is 300 g/mol. The van der Waals surface area contributed by atoms with Crippen LogP contribution in [0.15, 0.2) is 42.5 Å². The van der Waals surface area contributed by atoms with Crippen molar-refractivity contribution in [2.24, 2.45) is 0 Å². The zero-order chi connectivity index (χ0) is 17.3. The van der Waals surface area contributed by atoms with Crippen molar-refractivity contribution in [2.75, 3.05) is 13.2 Å². The van der Waals surface area contributed by atoms with Crippen LogP contribution in [-0.4, -0.2) is 24.6 Å². The number of allylic oxidation sites excluding steroid dienone is 1. The number of benzene rings is 1. The van der Waals surface area contributed by atoms with Gasteiger partial charge in [0.2, 0.25) is 0 Å². The van der Waals surface area contributed by atoms with E-state index in [0.717, 1.165) is 31.4 Å². The fourth-order valence-electron chi connectivity index (χ4n) is 2.54. The van der Waals surface area contributed by atoms with Gasteiger partial charge in [-0.1, -0.05) is 74.9 Å². The molecule has 0 aliphatic carbocycles. The van der Waals surface area contributed by atoms with E-state index in [2.05, 4.69) is 12.1 Å². The minimum Gasteiger partial charge on any atom is -0.396 e. The summed E-state index contributed by atoms with van der Waals surface area (Å²) in [5.41, 5.74) is 1.16. The average molecular weight is 334 g/mol. The van der Waals surface area contributed by atoms with E-state index in [9.17, 15) is 0 Å². The Kier molecular flexibility index (Phi) is 13.4. The van der Waals surface area contributed by atoms with Gasteiger partial charge < -0.3 is 14.6 Å². The lowest BCUT2D eigenvalue weighted by molar-refractivity contribution is -0.119. The van der Waals surface area contributed by atoms with Crippen LogP contribution in [0.25, 0.3) is 0 Å². The molecule has 3 heteroatoms. The number of hydrogen-bond donors (Lipinski definition) is 1. The van der Waals surface area contributed by atoms with Crippen molar-refractivity contribution in [1.29, 1.82) is 0 Å². The normalized spacial score (nSPS) is 12.8. The first kappa shape index (κ1) is 20.9. The molecule has 3 nitrogen and oxygen atoms in total. The largest absolute Gasteiger partial charge is 0.396 e. The Bertz CT molecular complexity index is 403. The highest BCUT2D eigenvalue weighted by Gasteiger charge is 2.05. The molecule has 136 valence electrons. The molecule has 0 aromatic heterocycles. The number of aliphatic hydroxyl groups excluding tert-OH is 1. The maximum atomic E-state index is 8.72. The molecule has 1 aromatic carbocycles. The first-order chi connectivity index (χ1) is 11.9. The van der Waals surface area contributed by atoms with Crippen molar-refractivity contribution in [3.63, 3.8) is 0 Å². The zero-order valence-corrected chi connectivity index (χ0v) is 15.2. The van der Waals surface area contributed by atoms with E-state index in [4.69, 9.17) is 14.6 Å². The van der Waals surface area contributed by atoms with Crippen molar-refractivity contribution >= 4 is 0 Å². The smallest absolute Gasteiger partial charge is 0.177 e. The summed E-state index contributed by atoms with van der Waals surface area (Å²) in [5.74, 6) is 0. The number of unbranched alkanes of at least 4 members (excludes halogenated alkanes) is 7. The summed E-state index contributed by atoms with van der Waals surface area (Å²) < 4.78 is 11.6. The summed E-state index contributed by atoms with van der Waals surface area (Å²) in [6.45, 7) is 3.63. The summed E-state index contributed by atoms with van der Waals surface area (Å²) in [4.78, 5) is 0. The first-order valence-electron chi connectivity index (χ1n) is 9.37. The van der Waals surface area contributed by atoms with Crippen molar-refractivity contribution < 1.29 is 14.6 Å². The lowest BCUT2D eigenvalue weighted by Gasteiger charge is -2.15. The lowest BCUT2D eigenvalue weighted by atomic mass is 10.1. The first-order valence-corrected chi connectivity index (χ1v) is 9.37. The summed E-state index contributed by atoms with van der Waals surface area (Å²) in [6.07, 6.45) is 13.2. The Morgan fingerprint density at radius 3 is 2.12 bits per heavy atom. The second-order valence-electron chi connectivity index (χ2n) is 6.11. The van der Waals surface area contributed by atoms with E-state index in [1.54, 1.807) is 0 Å². The predicted octanol–water partition coefficient (Wildman–Crippen LogP) is 5.24. The molecule has 1 rings (SSSR count). The molecule has 1 unspecified atom stereocenters. The topological polar surface area (TPSA) is 38.7 Å². The second-order valence-corrected chi connectivity index (χ2v) is 6.11. The van der Waals surface area contributed by atoms with Gasteiger partial charge in [-0.25, -0.2) is 0 Å². The fraction of sp³-hybridized carbons (Fsp3) is 0.619. The molecule has 0 radical (unpaired) electrons. The van der Waals surface area contributed by atoms with Crippen LogP contribution in [0.3, 0.4) is 0 Å². The molecule has 1 atom stereocenters. The Balaban J connectivity index is 2.03. The predicted molar refractivity (Wildman–Crippen MR) is 99.8 cm³/mol. The molecular formula is C21H34O3. The minimum absolute atomic E-state index is 0.256. The van der Waals surface area contributed by atoms with Gasteiger partial charge in [0.05, 0.1) is 13.2 Å². The van der Waals surface area contributed by atoms with Crippen LogP contribution in [0.5, 0.6) is 0 Å². The highest BCUT2D eigenvalue weighted by atomic mass is 16.7. The Morgan fingerprint density at radius 1 is 0.875 bits per heavy atom. The van der Waals surface area contributed by atoms with Crippen LogP contribution < -0.4 is 0 Å². The van der Waals surface area contributed by atoms with Gasteiger partial charge in [-0.05, 0) is 31.4 Å². The molecule has 0 saturated heterocycles. The second kappa shape index (κ2) is 15.4. The van der Waals surface area contributed by atoms with E-state index < -0.39 is 0 Å². The fourth-order valence-corrected chi connectivity index (χ4v) is 2.54.